The quantitative estimate of drug-likeness (QED) is 0.267. The zero-order chi connectivity index (χ0) is 24.4. The average Bonchev–Trinajstić information content (AvgIpc) is 2.84. The molecule has 0 fully saturated rings. The molecule has 0 aliphatic carbocycles. The van der Waals surface area contributed by atoms with Crippen molar-refractivity contribution in [3.63, 3.8) is 0 Å². The third kappa shape index (κ3) is 7.08. The van der Waals surface area contributed by atoms with Crippen LogP contribution in [0.4, 0.5) is 11.4 Å². The van der Waals surface area contributed by atoms with E-state index in [0.717, 1.165) is 50.1 Å². The number of ether oxygens (including phenoxy) is 1. The summed E-state index contributed by atoms with van der Waals surface area (Å²) >= 11 is 0. The maximum Gasteiger partial charge on any atom is 0.338 e. The Morgan fingerprint density at radius 3 is 2.06 bits per heavy atom. The molecule has 0 heterocycles. The van der Waals surface area contributed by atoms with Gasteiger partial charge in [-0.1, -0.05) is 33.1 Å². The second-order valence-corrected chi connectivity index (χ2v) is 8.69. The highest BCUT2D eigenvalue weighted by Crippen LogP contribution is 2.24. The van der Waals surface area contributed by atoms with Crippen molar-refractivity contribution < 1.29 is 14.3 Å². The van der Waals surface area contributed by atoms with Gasteiger partial charge in [-0.3, -0.25) is 4.79 Å². The van der Waals surface area contributed by atoms with Crippen molar-refractivity contribution in [2.45, 2.75) is 53.4 Å². The number of nitrogens with zero attached hydrogens (tertiary/aromatic N) is 2. The molecule has 1 atom stereocenters. The van der Waals surface area contributed by atoms with Crippen LogP contribution >= 0.6 is 0 Å². The summed E-state index contributed by atoms with van der Waals surface area (Å²) in [5.74, 6) is -0.258. The van der Waals surface area contributed by atoms with Gasteiger partial charge in [0, 0.05) is 49.7 Å². The van der Waals surface area contributed by atoms with Crippen LogP contribution in [0.25, 0.3) is 0 Å². The summed E-state index contributed by atoms with van der Waals surface area (Å²) in [6.07, 6.45) is 4.26. The van der Waals surface area contributed by atoms with Gasteiger partial charge in [-0.25, -0.2) is 4.79 Å². The fourth-order valence-electron chi connectivity index (χ4n) is 3.91. The summed E-state index contributed by atoms with van der Waals surface area (Å²) in [6.45, 7) is 10.7. The first-order valence-corrected chi connectivity index (χ1v) is 12.2. The number of hydrogen-bond acceptors (Lipinski definition) is 5. The van der Waals surface area contributed by atoms with E-state index < -0.39 is 5.97 Å². The van der Waals surface area contributed by atoms with Crippen LogP contribution in [0.2, 0.25) is 0 Å². The summed E-state index contributed by atoms with van der Waals surface area (Å²) in [5.41, 5.74) is 3.20. The lowest BCUT2D eigenvalue weighted by Gasteiger charge is -2.21. The van der Waals surface area contributed by atoms with Crippen molar-refractivity contribution in [1.29, 1.82) is 0 Å². The number of ketones is 1. The molecule has 2 aromatic rings. The molecule has 0 aromatic heterocycles. The van der Waals surface area contributed by atoms with Gasteiger partial charge in [-0.05, 0) is 68.7 Å². The molecule has 0 saturated carbocycles. The number of anilines is 2. The van der Waals surface area contributed by atoms with E-state index in [1.807, 2.05) is 49.3 Å². The Balaban J connectivity index is 2.31. The molecule has 0 aliphatic rings. The summed E-state index contributed by atoms with van der Waals surface area (Å²) in [7, 11) is 3.82. The monoisotopic (exact) mass is 452 g/mol. The highest BCUT2D eigenvalue weighted by Gasteiger charge is 2.22. The Kier molecular flexibility index (Phi) is 10.4. The number of esters is 1. The molecule has 0 N–H and O–H groups in total. The molecule has 0 radical (unpaired) electrons. The van der Waals surface area contributed by atoms with Gasteiger partial charge in [-0.15, -0.1) is 0 Å². The third-order valence-corrected chi connectivity index (χ3v) is 6.24. The number of carbonyl (C=O) groups is 2. The van der Waals surface area contributed by atoms with Crippen molar-refractivity contribution in [1.82, 2.24) is 0 Å². The predicted molar refractivity (Wildman–Crippen MR) is 138 cm³/mol. The molecule has 180 valence electrons. The van der Waals surface area contributed by atoms with Crippen molar-refractivity contribution in [2.24, 2.45) is 5.92 Å². The summed E-state index contributed by atoms with van der Waals surface area (Å²) in [4.78, 5) is 30.6. The predicted octanol–water partition coefficient (Wildman–Crippen LogP) is 6.20. The van der Waals surface area contributed by atoms with E-state index in [4.69, 9.17) is 4.74 Å². The maximum absolute atomic E-state index is 13.4. The van der Waals surface area contributed by atoms with Crippen molar-refractivity contribution in [2.75, 3.05) is 43.6 Å². The average molecular weight is 453 g/mol. The molecule has 0 amide bonds. The van der Waals surface area contributed by atoms with Gasteiger partial charge in [0.25, 0.3) is 0 Å². The Hall–Kier alpha value is -2.82. The number of unbranched alkanes of at least 4 members (excludes halogenated alkanes) is 1. The van der Waals surface area contributed by atoms with Gasteiger partial charge >= 0.3 is 5.97 Å². The highest BCUT2D eigenvalue weighted by atomic mass is 16.5. The van der Waals surface area contributed by atoms with E-state index in [0.29, 0.717) is 29.2 Å². The Morgan fingerprint density at radius 1 is 0.879 bits per heavy atom. The van der Waals surface area contributed by atoms with E-state index in [2.05, 4.69) is 32.6 Å². The Labute approximate surface area is 199 Å². The van der Waals surface area contributed by atoms with E-state index in [9.17, 15) is 9.59 Å². The first-order valence-electron chi connectivity index (χ1n) is 12.2. The van der Waals surface area contributed by atoms with Crippen LogP contribution in [0.3, 0.4) is 0 Å². The second-order valence-electron chi connectivity index (χ2n) is 8.69. The van der Waals surface area contributed by atoms with Gasteiger partial charge in [0.05, 0.1) is 12.2 Å². The minimum absolute atomic E-state index is 0.170. The minimum Gasteiger partial charge on any atom is -0.462 e. The zero-order valence-electron chi connectivity index (χ0n) is 21.2. The standard InChI is InChI=1S/C28H40N2O3/c1-7-11-12-21(8-2)20-33-28(32)26-19-24(29(5)6)17-18-25(26)27(31)22-13-15-23(16-14-22)30(9-3)10-4/h13-19,21H,7-12,20H2,1-6H3. The summed E-state index contributed by atoms with van der Waals surface area (Å²) in [5, 5.41) is 0. The minimum atomic E-state index is -0.434. The lowest BCUT2D eigenvalue weighted by atomic mass is 9.97. The Morgan fingerprint density at radius 2 is 1.52 bits per heavy atom. The normalized spacial score (nSPS) is 11.7. The molecule has 5 nitrogen and oxygen atoms in total. The van der Waals surface area contributed by atoms with Gasteiger partial charge in [-0.2, -0.15) is 0 Å². The number of benzene rings is 2. The van der Waals surface area contributed by atoms with Crippen molar-refractivity contribution >= 4 is 23.1 Å². The summed E-state index contributed by atoms with van der Waals surface area (Å²) < 4.78 is 5.70. The van der Waals surface area contributed by atoms with Crippen LogP contribution in [0, 0.1) is 5.92 Å². The van der Waals surface area contributed by atoms with E-state index in [1.54, 1.807) is 12.1 Å². The molecular formula is C28H40N2O3. The smallest absolute Gasteiger partial charge is 0.338 e. The van der Waals surface area contributed by atoms with Crippen molar-refractivity contribution in [3.05, 3.63) is 59.2 Å². The van der Waals surface area contributed by atoms with Crippen LogP contribution < -0.4 is 9.80 Å². The fraction of sp³-hybridized carbons (Fsp3) is 0.500. The van der Waals surface area contributed by atoms with Gasteiger partial charge in [0.15, 0.2) is 5.78 Å². The van der Waals surface area contributed by atoms with E-state index in [1.165, 1.54) is 0 Å². The fourth-order valence-corrected chi connectivity index (χ4v) is 3.91. The van der Waals surface area contributed by atoms with Crippen LogP contribution in [0.5, 0.6) is 0 Å². The number of carbonyl (C=O) groups excluding carboxylic acids is 2. The van der Waals surface area contributed by atoms with Crippen LogP contribution in [-0.4, -0.2) is 45.5 Å². The molecule has 0 spiro atoms. The third-order valence-electron chi connectivity index (χ3n) is 6.24. The molecule has 0 saturated heterocycles. The van der Waals surface area contributed by atoms with E-state index >= 15 is 0 Å². The topological polar surface area (TPSA) is 49.9 Å². The molecule has 33 heavy (non-hydrogen) atoms. The van der Waals surface area contributed by atoms with Gasteiger partial charge in [0.1, 0.15) is 0 Å². The molecular weight excluding hydrogens is 412 g/mol. The lowest BCUT2D eigenvalue weighted by Crippen LogP contribution is -2.21. The van der Waals surface area contributed by atoms with Gasteiger partial charge < -0.3 is 14.5 Å². The number of rotatable bonds is 13. The van der Waals surface area contributed by atoms with Crippen LogP contribution in [0.1, 0.15) is 79.7 Å². The van der Waals surface area contributed by atoms with Crippen molar-refractivity contribution in [3.8, 4) is 0 Å². The first kappa shape index (κ1) is 26.4. The molecule has 2 aromatic carbocycles. The molecule has 0 aliphatic heterocycles. The lowest BCUT2D eigenvalue weighted by molar-refractivity contribution is 0.0426. The van der Waals surface area contributed by atoms with Gasteiger partial charge in [0.2, 0.25) is 0 Å². The summed E-state index contributed by atoms with van der Waals surface area (Å²) in [6, 6.07) is 13.0. The molecule has 2 rings (SSSR count). The zero-order valence-corrected chi connectivity index (χ0v) is 21.2. The second kappa shape index (κ2) is 13.0. The SMILES string of the molecule is CCCCC(CC)COC(=O)c1cc(N(C)C)ccc1C(=O)c1ccc(N(CC)CC)cc1. The van der Waals surface area contributed by atoms with E-state index in [-0.39, 0.29) is 5.78 Å². The van der Waals surface area contributed by atoms with Crippen LogP contribution in [0.15, 0.2) is 42.5 Å². The number of hydrogen-bond donors (Lipinski definition) is 0. The first-order chi connectivity index (χ1) is 15.9. The highest BCUT2D eigenvalue weighted by molar-refractivity contribution is 6.15. The molecule has 0 bridgehead atoms. The van der Waals surface area contributed by atoms with Crippen LogP contribution in [-0.2, 0) is 4.74 Å². The maximum atomic E-state index is 13.4. The Bertz CT molecular complexity index is 902. The molecule has 5 heteroatoms. The largest absolute Gasteiger partial charge is 0.462 e. The molecule has 1 unspecified atom stereocenters.